The number of hydrogen-bond acceptors (Lipinski definition) is 4. The summed E-state index contributed by atoms with van der Waals surface area (Å²) in [4.78, 5) is 24.0. The topological polar surface area (TPSA) is 84.7 Å². The van der Waals surface area contributed by atoms with Gasteiger partial charge in [0.1, 0.15) is 11.6 Å². The van der Waals surface area contributed by atoms with E-state index in [1.807, 2.05) is 24.5 Å². The van der Waals surface area contributed by atoms with E-state index in [1.54, 1.807) is 36.4 Å². The third-order valence-electron chi connectivity index (χ3n) is 4.46. The summed E-state index contributed by atoms with van der Waals surface area (Å²) in [6.45, 7) is 3.79. The summed E-state index contributed by atoms with van der Waals surface area (Å²) in [6, 6.07) is 14.7. The summed E-state index contributed by atoms with van der Waals surface area (Å²) in [6.07, 6.45) is 1.46. The number of hydrogen-bond donors (Lipinski definition) is 2. The Balaban J connectivity index is 1.66. The van der Waals surface area contributed by atoms with Gasteiger partial charge in [0.05, 0.1) is 13.3 Å². The fourth-order valence-corrected chi connectivity index (χ4v) is 3.01. The maximum Gasteiger partial charge on any atom is 0.329 e. The van der Waals surface area contributed by atoms with Crippen LogP contribution in [0.3, 0.4) is 0 Å². The van der Waals surface area contributed by atoms with Crippen molar-refractivity contribution in [2.45, 2.75) is 13.8 Å². The van der Waals surface area contributed by atoms with Gasteiger partial charge in [-0.05, 0) is 56.3 Å². The van der Waals surface area contributed by atoms with Crippen LogP contribution < -0.4 is 15.5 Å². The fraction of sp³-hybridized carbons (Fsp3) is 0.136. The maximum atomic E-state index is 13.2. The molecule has 2 N–H and O–H groups in total. The van der Waals surface area contributed by atoms with Crippen LogP contribution in [0.5, 0.6) is 5.75 Å². The Bertz CT molecular complexity index is 1100. The van der Waals surface area contributed by atoms with E-state index in [2.05, 4.69) is 15.8 Å². The first-order valence-corrected chi connectivity index (χ1v) is 9.12. The molecule has 0 atom stereocenters. The van der Waals surface area contributed by atoms with Gasteiger partial charge in [-0.2, -0.15) is 5.10 Å². The van der Waals surface area contributed by atoms with Gasteiger partial charge in [-0.15, -0.1) is 0 Å². The molecule has 0 bridgehead atoms. The summed E-state index contributed by atoms with van der Waals surface area (Å²) < 4.78 is 20.2. The Morgan fingerprint density at radius 2 is 1.80 bits per heavy atom. The lowest BCUT2D eigenvalue weighted by Crippen LogP contribution is -2.32. The normalized spacial score (nSPS) is 10.8. The van der Waals surface area contributed by atoms with Crippen LogP contribution in [0.15, 0.2) is 59.7 Å². The molecule has 8 heteroatoms. The Morgan fingerprint density at radius 3 is 2.50 bits per heavy atom. The van der Waals surface area contributed by atoms with Gasteiger partial charge in [0.2, 0.25) is 0 Å². The van der Waals surface area contributed by atoms with Crippen molar-refractivity contribution < 1.29 is 18.7 Å². The van der Waals surface area contributed by atoms with E-state index < -0.39 is 11.8 Å². The van der Waals surface area contributed by atoms with Crippen molar-refractivity contribution in [1.82, 2.24) is 9.99 Å². The number of benzene rings is 2. The summed E-state index contributed by atoms with van der Waals surface area (Å²) >= 11 is 0. The quantitative estimate of drug-likeness (QED) is 0.386. The first-order valence-electron chi connectivity index (χ1n) is 9.12. The zero-order valence-corrected chi connectivity index (χ0v) is 16.8. The lowest BCUT2D eigenvalue weighted by molar-refractivity contribution is -0.136. The van der Waals surface area contributed by atoms with Crippen LogP contribution in [0.25, 0.3) is 5.69 Å². The number of carbonyl (C=O) groups excluding carboxylic acids is 2. The van der Waals surface area contributed by atoms with Gasteiger partial charge >= 0.3 is 11.8 Å². The zero-order chi connectivity index (χ0) is 21.7. The van der Waals surface area contributed by atoms with Gasteiger partial charge in [-0.1, -0.05) is 6.07 Å². The van der Waals surface area contributed by atoms with Gasteiger partial charge in [0, 0.05) is 34.4 Å². The van der Waals surface area contributed by atoms with Crippen LogP contribution >= 0.6 is 0 Å². The lowest BCUT2D eigenvalue weighted by atomic mass is 10.2. The van der Waals surface area contributed by atoms with Crippen LogP contribution in [-0.2, 0) is 9.59 Å². The summed E-state index contributed by atoms with van der Waals surface area (Å²) in [5, 5.41) is 6.35. The molecule has 1 aromatic heterocycles. The predicted molar refractivity (Wildman–Crippen MR) is 113 cm³/mol. The first kappa shape index (κ1) is 20.8. The van der Waals surface area contributed by atoms with Gasteiger partial charge in [0.15, 0.2) is 0 Å². The minimum atomic E-state index is -0.901. The maximum absolute atomic E-state index is 13.2. The molecule has 0 aliphatic heterocycles. The largest absolute Gasteiger partial charge is 0.497 e. The number of amides is 2. The zero-order valence-electron chi connectivity index (χ0n) is 16.8. The number of hydrazone groups is 1. The van der Waals surface area contributed by atoms with E-state index in [-0.39, 0.29) is 5.82 Å². The second kappa shape index (κ2) is 9.04. The lowest BCUT2D eigenvalue weighted by Gasteiger charge is -2.09. The molecule has 0 unspecified atom stereocenters. The molecule has 1 heterocycles. The van der Waals surface area contributed by atoms with Gasteiger partial charge in [-0.3, -0.25) is 9.59 Å². The number of methoxy groups -OCH3 is 1. The number of anilines is 1. The number of nitrogens with one attached hydrogen (secondary N) is 2. The Kier molecular flexibility index (Phi) is 6.26. The fourth-order valence-electron chi connectivity index (χ4n) is 3.01. The predicted octanol–water partition coefficient (Wildman–Crippen LogP) is 3.33. The number of aryl methyl sites for hydroxylation is 1. The number of carbonyl (C=O) groups is 2. The minimum Gasteiger partial charge on any atom is -0.497 e. The van der Waals surface area contributed by atoms with Crippen molar-refractivity contribution in [3.05, 3.63) is 77.4 Å². The third-order valence-corrected chi connectivity index (χ3v) is 4.46. The number of halogens is 1. The second-order valence-electron chi connectivity index (χ2n) is 6.52. The molecule has 0 fully saturated rings. The Labute approximate surface area is 173 Å². The van der Waals surface area contributed by atoms with E-state index in [0.717, 1.165) is 22.6 Å². The molecule has 2 amide bonds. The molecule has 0 saturated carbocycles. The number of ether oxygens (including phenoxy) is 1. The summed E-state index contributed by atoms with van der Waals surface area (Å²) in [5.74, 6) is -1.50. The highest BCUT2D eigenvalue weighted by molar-refractivity contribution is 6.39. The van der Waals surface area contributed by atoms with Crippen molar-refractivity contribution in [3.63, 3.8) is 0 Å². The van der Waals surface area contributed by atoms with Gasteiger partial charge < -0.3 is 14.6 Å². The molecule has 0 aliphatic carbocycles. The molecule has 30 heavy (non-hydrogen) atoms. The molecular weight excluding hydrogens is 387 g/mol. The number of aromatic nitrogens is 1. The molecule has 2 aromatic carbocycles. The van der Waals surface area contributed by atoms with E-state index in [4.69, 9.17) is 4.74 Å². The van der Waals surface area contributed by atoms with Crippen molar-refractivity contribution in [2.75, 3.05) is 12.4 Å². The highest BCUT2D eigenvalue weighted by Crippen LogP contribution is 2.20. The average Bonchev–Trinajstić information content (AvgIpc) is 3.02. The standard InChI is InChI=1S/C22H21FN4O3/c1-14-11-16(15(2)27(14)19-9-7-17(23)8-10-19)13-24-26-22(29)21(28)25-18-5-4-6-20(12-18)30-3/h4-13H,1-3H3,(H,25,28)(H,26,29)/b24-13-. The van der Waals surface area contributed by atoms with E-state index in [1.165, 1.54) is 25.5 Å². The number of nitrogens with zero attached hydrogens (tertiary/aromatic N) is 2. The monoisotopic (exact) mass is 408 g/mol. The van der Waals surface area contributed by atoms with Gasteiger partial charge in [0.25, 0.3) is 0 Å². The van der Waals surface area contributed by atoms with Crippen molar-refractivity contribution in [2.24, 2.45) is 5.10 Å². The highest BCUT2D eigenvalue weighted by Gasteiger charge is 2.14. The second-order valence-corrected chi connectivity index (χ2v) is 6.52. The minimum absolute atomic E-state index is 0.307. The highest BCUT2D eigenvalue weighted by atomic mass is 19.1. The van der Waals surface area contributed by atoms with Crippen molar-refractivity contribution >= 4 is 23.7 Å². The molecular formula is C22H21FN4O3. The number of rotatable bonds is 5. The van der Waals surface area contributed by atoms with Crippen LogP contribution in [0.4, 0.5) is 10.1 Å². The smallest absolute Gasteiger partial charge is 0.329 e. The molecule has 0 aliphatic rings. The third kappa shape index (κ3) is 4.72. The first-order chi connectivity index (χ1) is 14.4. The van der Waals surface area contributed by atoms with Crippen LogP contribution in [0, 0.1) is 19.7 Å². The van der Waals surface area contributed by atoms with Crippen LogP contribution in [0.2, 0.25) is 0 Å². The van der Waals surface area contributed by atoms with E-state index in [9.17, 15) is 14.0 Å². The molecule has 0 saturated heterocycles. The molecule has 7 nitrogen and oxygen atoms in total. The van der Waals surface area contributed by atoms with Crippen LogP contribution in [0.1, 0.15) is 17.0 Å². The van der Waals surface area contributed by atoms with E-state index in [0.29, 0.717) is 11.4 Å². The molecule has 0 spiro atoms. The summed E-state index contributed by atoms with van der Waals surface area (Å²) in [5.41, 5.74) is 5.99. The average molecular weight is 408 g/mol. The van der Waals surface area contributed by atoms with Crippen LogP contribution in [-0.4, -0.2) is 29.7 Å². The summed E-state index contributed by atoms with van der Waals surface area (Å²) in [7, 11) is 1.51. The van der Waals surface area contributed by atoms with Crippen molar-refractivity contribution in [3.8, 4) is 11.4 Å². The van der Waals surface area contributed by atoms with Crippen molar-refractivity contribution in [1.29, 1.82) is 0 Å². The Hall–Kier alpha value is -3.94. The van der Waals surface area contributed by atoms with Gasteiger partial charge in [-0.25, -0.2) is 9.82 Å². The molecule has 154 valence electrons. The SMILES string of the molecule is COc1cccc(NC(=O)C(=O)N/N=C\c2cc(C)n(-c3ccc(F)cc3)c2C)c1. The Morgan fingerprint density at radius 1 is 1.07 bits per heavy atom. The molecule has 3 aromatic rings. The van der Waals surface area contributed by atoms with E-state index >= 15 is 0 Å². The molecule has 3 rings (SSSR count). The molecule has 0 radical (unpaired) electrons.